The maximum atomic E-state index is 13.7. The molecule has 0 fully saturated rings. The van der Waals surface area contributed by atoms with Gasteiger partial charge in [-0.3, -0.25) is 4.79 Å². The van der Waals surface area contributed by atoms with Crippen molar-refractivity contribution in [2.45, 2.75) is 20.8 Å². The van der Waals surface area contributed by atoms with E-state index in [9.17, 15) is 9.90 Å². The molecule has 1 aliphatic heterocycles. The molecule has 7 rings (SSSR count). The average Bonchev–Trinajstić information content (AvgIpc) is 3.12. The molecule has 0 amide bonds. The molecule has 4 nitrogen and oxygen atoms in total. The first kappa shape index (κ1) is 29.7. The highest BCUT2D eigenvalue weighted by molar-refractivity contribution is 6.23. The number of benzene rings is 4. The van der Waals surface area contributed by atoms with Crippen LogP contribution in [0.4, 0.5) is 0 Å². The Labute approximate surface area is 274 Å². The molecule has 0 spiro atoms. The van der Waals surface area contributed by atoms with Gasteiger partial charge >= 0.3 is 11.5 Å². The first-order chi connectivity index (χ1) is 22.9. The Bertz CT molecular complexity index is 2120. The number of hydrogen-bond acceptors (Lipinski definition) is 3. The van der Waals surface area contributed by atoms with Crippen molar-refractivity contribution in [3.8, 4) is 22.6 Å². The molecule has 1 aromatic heterocycles. The summed E-state index contributed by atoms with van der Waals surface area (Å²) in [5, 5.41) is 13.7. The van der Waals surface area contributed by atoms with E-state index in [2.05, 4.69) is 0 Å². The predicted octanol–water partition coefficient (Wildman–Crippen LogP) is 9.44. The number of carbonyl (C=O) groups is 1. The van der Waals surface area contributed by atoms with Gasteiger partial charge in [0.2, 0.25) is 0 Å². The van der Waals surface area contributed by atoms with Crippen LogP contribution in [0.5, 0.6) is 0 Å². The fourth-order valence-electron chi connectivity index (χ4n) is 6.07. The number of hydrogen-bond donors (Lipinski definition) is 0. The van der Waals surface area contributed by atoms with Crippen molar-refractivity contribution in [2.75, 3.05) is 0 Å². The van der Waals surface area contributed by atoms with Crippen LogP contribution in [-0.2, 0) is 9.53 Å². The van der Waals surface area contributed by atoms with Gasteiger partial charge in [-0.15, -0.1) is 0 Å². The minimum Gasteiger partial charge on any atom is -0.871 e. The lowest BCUT2D eigenvalue weighted by molar-refractivity contribution is -0.300. The fraction of sp³-hybridized carbons (Fsp3) is 0.0698. The zero-order valence-corrected chi connectivity index (χ0v) is 26.4. The van der Waals surface area contributed by atoms with E-state index >= 15 is 0 Å². The van der Waals surface area contributed by atoms with Crippen molar-refractivity contribution in [2.24, 2.45) is 0 Å². The maximum absolute atomic E-state index is 13.7. The highest BCUT2D eigenvalue weighted by atomic mass is 16.5. The van der Waals surface area contributed by atoms with Gasteiger partial charge in [0.1, 0.15) is 11.5 Å². The lowest BCUT2D eigenvalue weighted by Crippen LogP contribution is -2.29. The number of Topliss-reactive ketones (excluding diaryl/α,β-unsaturated/α-hetero) is 1. The van der Waals surface area contributed by atoms with Gasteiger partial charge < -0.3 is 9.84 Å². The SMILES string of the molecule is Cc1ccccc1C1=CC(=CC2=C([O-])C(=Cc3c(C)c(-c4ccccc4)[o+]c(-c4ccccc4)c3C)C2=O)C=C(c2ccccc2)O1. The Morgan fingerprint density at radius 1 is 0.617 bits per heavy atom. The number of ketones is 1. The van der Waals surface area contributed by atoms with E-state index in [4.69, 9.17) is 9.15 Å². The van der Waals surface area contributed by atoms with E-state index < -0.39 is 0 Å². The molecule has 47 heavy (non-hydrogen) atoms. The number of rotatable bonds is 6. The molecule has 0 atom stereocenters. The molecule has 2 heterocycles. The summed E-state index contributed by atoms with van der Waals surface area (Å²) < 4.78 is 12.9. The summed E-state index contributed by atoms with van der Waals surface area (Å²) >= 11 is 0. The molecule has 4 aromatic carbocycles. The first-order valence-electron chi connectivity index (χ1n) is 15.6. The van der Waals surface area contributed by atoms with Crippen LogP contribution >= 0.6 is 0 Å². The molecule has 1 aliphatic carbocycles. The van der Waals surface area contributed by atoms with E-state index in [1.165, 1.54) is 0 Å². The van der Waals surface area contributed by atoms with Crippen molar-refractivity contribution < 1.29 is 19.1 Å². The van der Waals surface area contributed by atoms with E-state index in [1.54, 1.807) is 12.2 Å². The normalized spacial score (nSPS) is 16.1. The summed E-state index contributed by atoms with van der Waals surface area (Å²) in [7, 11) is 0. The molecular weight excluding hydrogens is 580 g/mol. The smallest absolute Gasteiger partial charge is 0.364 e. The Morgan fingerprint density at radius 2 is 1.13 bits per heavy atom. The van der Waals surface area contributed by atoms with Gasteiger partial charge in [-0.25, -0.2) is 4.42 Å². The van der Waals surface area contributed by atoms with Crippen molar-refractivity contribution in [1.29, 1.82) is 0 Å². The van der Waals surface area contributed by atoms with Crippen LogP contribution in [-0.4, -0.2) is 5.78 Å². The lowest BCUT2D eigenvalue weighted by Gasteiger charge is -2.29. The molecule has 0 saturated carbocycles. The second-order valence-corrected chi connectivity index (χ2v) is 11.7. The average molecular weight is 613 g/mol. The largest absolute Gasteiger partial charge is 0.871 e. The van der Waals surface area contributed by atoms with Crippen molar-refractivity contribution >= 4 is 23.4 Å². The zero-order chi connectivity index (χ0) is 32.5. The van der Waals surface area contributed by atoms with Gasteiger partial charge in [0.25, 0.3) is 0 Å². The highest BCUT2D eigenvalue weighted by Crippen LogP contribution is 2.40. The Balaban J connectivity index is 1.33. The fourth-order valence-corrected chi connectivity index (χ4v) is 6.07. The summed E-state index contributed by atoms with van der Waals surface area (Å²) in [5.41, 5.74) is 8.30. The Kier molecular flexibility index (Phi) is 7.85. The van der Waals surface area contributed by atoms with E-state index in [-0.39, 0.29) is 22.7 Å². The van der Waals surface area contributed by atoms with E-state index in [0.717, 1.165) is 44.5 Å². The molecule has 0 unspecified atom stereocenters. The van der Waals surface area contributed by atoms with Crippen LogP contribution in [0.1, 0.15) is 33.4 Å². The van der Waals surface area contributed by atoms with E-state index in [0.29, 0.717) is 28.6 Å². The number of aryl methyl sites for hydroxylation is 1. The first-order valence-corrected chi connectivity index (χ1v) is 15.6. The number of carbonyl (C=O) groups excluding carboxylic acids is 1. The Hall–Kier alpha value is -6.00. The molecule has 0 N–H and O–H groups in total. The molecule has 5 aromatic rings. The standard InChI is InChI=1S/C43H32O4/c1-27-15-13-14-22-34(27)39-25-30(24-38(46-39)31-16-7-4-8-17-31)23-36-40(44)37(41(36)45)26-35-28(2)42(32-18-9-5-10-19-32)47-43(29(35)3)33-20-11-6-12-21-33/h4-26H,1-3H3. The van der Waals surface area contributed by atoms with Crippen molar-refractivity contribution in [3.05, 3.63) is 189 Å². The third-order valence-electron chi connectivity index (χ3n) is 8.63. The lowest BCUT2D eigenvalue weighted by atomic mass is 9.83. The van der Waals surface area contributed by atoms with Gasteiger partial charge in [-0.05, 0) is 86.0 Å². The molecule has 0 radical (unpaired) electrons. The monoisotopic (exact) mass is 612 g/mol. The second kappa shape index (κ2) is 12.4. The highest BCUT2D eigenvalue weighted by Gasteiger charge is 2.31. The molecule has 0 saturated heterocycles. The minimum absolute atomic E-state index is 0.152. The number of allylic oxidation sites excluding steroid dienone is 6. The molecular formula is C43H32O4. The van der Waals surface area contributed by atoms with Crippen molar-refractivity contribution in [3.63, 3.8) is 0 Å². The topological polar surface area (TPSA) is 60.7 Å². The summed E-state index contributed by atoms with van der Waals surface area (Å²) in [6, 6.07) is 37.5. The quantitative estimate of drug-likeness (QED) is 0.142. The third kappa shape index (κ3) is 5.66. The predicted molar refractivity (Wildman–Crippen MR) is 186 cm³/mol. The summed E-state index contributed by atoms with van der Waals surface area (Å²) in [4.78, 5) is 13.7. The van der Waals surface area contributed by atoms with Crippen LogP contribution < -0.4 is 5.11 Å². The maximum Gasteiger partial charge on any atom is 0.364 e. The molecule has 228 valence electrons. The van der Waals surface area contributed by atoms with Crippen LogP contribution in [0, 0.1) is 20.8 Å². The summed E-state index contributed by atoms with van der Waals surface area (Å²) in [6.45, 7) is 5.97. The minimum atomic E-state index is -0.281. The van der Waals surface area contributed by atoms with Crippen LogP contribution in [0.25, 0.3) is 40.2 Å². The molecule has 0 bridgehead atoms. The summed E-state index contributed by atoms with van der Waals surface area (Å²) in [5.74, 6) is 2.14. The van der Waals surface area contributed by atoms with Crippen LogP contribution in [0.15, 0.2) is 160 Å². The van der Waals surface area contributed by atoms with Gasteiger partial charge in [-0.2, -0.15) is 0 Å². The van der Waals surface area contributed by atoms with Gasteiger partial charge in [0.05, 0.1) is 22.3 Å². The van der Waals surface area contributed by atoms with Crippen LogP contribution in [0.3, 0.4) is 0 Å². The Morgan fingerprint density at radius 3 is 1.68 bits per heavy atom. The van der Waals surface area contributed by atoms with Gasteiger partial charge in [0, 0.05) is 22.3 Å². The van der Waals surface area contributed by atoms with E-state index in [1.807, 2.05) is 148 Å². The molecule has 2 aliphatic rings. The second-order valence-electron chi connectivity index (χ2n) is 11.7. The van der Waals surface area contributed by atoms with Crippen molar-refractivity contribution in [1.82, 2.24) is 0 Å². The van der Waals surface area contributed by atoms with Gasteiger partial charge in [-0.1, -0.05) is 96.8 Å². The van der Waals surface area contributed by atoms with Crippen LogP contribution in [0.2, 0.25) is 0 Å². The molecule has 4 heteroatoms. The zero-order valence-electron chi connectivity index (χ0n) is 26.4. The third-order valence-corrected chi connectivity index (χ3v) is 8.63. The van der Waals surface area contributed by atoms with Gasteiger partial charge in [0.15, 0.2) is 5.78 Å². The number of ether oxygens (including phenoxy) is 1. The summed E-state index contributed by atoms with van der Waals surface area (Å²) in [6.07, 6.45) is 7.17.